The molecule has 1 aliphatic carbocycles. The van der Waals surface area contributed by atoms with Gasteiger partial charge in [0.15, 0.2) is 9.84 Å². The van der Waals surface area contributed by atoms with Crippen LogP contribution in [-0.4, -0.2) is 31.4 Å². The summed E-state index contributed by atoms with van der Waals surface area (Å²) in [6, 6.07) is 0. The highest BCUT2D eigenvalue weighted by Crippen LogP contribution is 2.59. The van der Waals surface area contributed by atoms with Crippen LogP contribution in [0.5, 0.6) is 0 Å². The third-order valence-electron chi connectivity index (χ3n) is 4.63. The zero-order valence-corrected chi connectivity index (χ0v) is 13.8. The predicted octanol–water partition coefficient (Wildman–Crippen LogP) is 1.92. The normalized spacial score (nSPS) is 37.2. The van der Waals surface area contributed by atoms with E-state index in [0.29, 0.717) is 6.42 Å². The molecule has 20 heavy (non-hydrogen) atoms. The number of carbonyl (C=O) groups excluding carboxylic acids is 1. The first kappa shape index (κ1) is 15.5. The summed E-state index contributed by atoms with van der Waals surface area (Å²) in [5, 5.41) is 2.98. The molecule has 3 atom stereocenters. The molecule has 1 heterocycles. The van der Waals surface area contributed by atoms with Crippen LogP contribution in [0.15, 0.2) is 11.6 Å². The molecular weight excluding hydrogens is 274 g/mol. The zero-order valence-electron chi connectivity index (χ0n) is 13.0. The molecule has 4 nitrogen and oxygen atoms in total. The lowest BCUT2D eigenvalue weighted by Gasteiger charge is -2.24. The maximum atomic E-state index is 12.4. The number of amides is 1. The third-order valence-corrected chi connectivity index (χ3v) is 6.54. The summed E-state index contributed by atoms with van der Waals surface area (Å²) in [5.41, 5.74) is 0.590. The first-order valence-electron chi connectivity index (χ1n) is 7.14. The van der Waals surface area contributed by atoms with Crippen LogP contribution in [0.2, 0.25) is 0 Å². The molecule has 0 spiro atoms. The van der Waals surface area contributed by atoms with Crippen molar-refractivity contribution in [2.24, 2.45) is 17.3 Å². The van der Waals surface area contributed by atoms with Crippen molar-refractivity contribution in [3.63, 3.8) is 0 Å². The Hall–Kier alpha value is -0.840. The molecule has 0 aromatic heterocycles. The Morgan fingerprint density at radius 1 is 1.25 bits per heavy atom. The molecule has 2 rings (SSSR count). The topological polar surface area (TPSA) is 63.2 Å². The molecule has 114 valence electrons. The quantitative estimate of drug-likeness (QED) is 0.810. The highest BCUT2D eigenvalue weighted by Gasteiger charge is 2.61. The van der Waals surface area contributed by atoms with E-state index < -0.39 is 15.4 Å². The van der Waals surface area contributed by atoms with Gasteiger partial charge in [-0.25, -0.2) is 8.42 Å². The number of nitrogens with one attached hydrogen (secondary N) is 1. The van der Waals surface area contributed by atoms with Crippen LogP contribution in [0.3, 0.4) is 0 Å². The molecule has 5 heteroatoms. The van der Waals surface area contributed by atoms with Crippen LogP contribution in [-0.2, 0) is 14.6 Å². The summed E-state index contributed by atoms with van der Waals surface area (Å²) in [4.78, 5) is 12.4. The van der Waals surface area contributed by atoms with E-state index in [0.717, 1.165) is 0 Å². The Bertz CT molecular complexity index is 558. The van der Waals surface area contributed by atoms with Crippen LogP contribution < -0.4 is 5.32 Å². The number of rotatable bonds is 3. The number of hydrogen-bond donors (Lipinski definition) is 1. The van der Waals surface area contributed by atoms with Crippen molar-refractivity contribution in [3.8, 4) is 0 Å². The van der Waals surface area contributed by atoms with Gasteiger partial charge in [0.1, 0.15) is 0 Å². The summed E-state index contributed by atoms with van der Waals surface area (Å²) in [5.74, 6) is 0.449. The molecule has 0 radical (unpaired) electrons. The van der Waals surface area contributed by atoms with Gasteiger partial charge in [-0.2, -0.15) is 0 Å². The van der Waals surface area contributed by atoms with Crippen LogP contribution in [0, 0.1) is 17.3 Å². The molecule has 2 fully saturated rings. The summed E-state index contributed by atoms with van der Waals surface area (Å²) in [6.07, 6.45) is 2.67. The fourth-order valence-corrected chi connectivity index (χ4v) is 5.43. The van der Waals surface area contributed by atoms with E-state index >= 15 is 0 Å². The summed E-state index contributed by atoms with van der Waals surface area (Å²) >= 11 is 0. The molecule has 1 N–H and O–H groups in total. The van der Waals surface area contributed by atoms with E-state index in [4.69, 9.17) is 0 Å². The van der Waals surface area contributed by atoms with E-state index in [9.17, 15) is 13.2 Å². The van der Waals surface area contributed by atoms with E-state index in [-0.39, 0.29) is 34.7 Å². The predicted molar refractivity (Wildman–Crippen MR) is 80.0 cm³/mol. The lowest BCUT2D eigenvalue weighted by molar-refractivity contribution is -0.124. The van der Waals surface area contributed by atoms with Gasteiger partial charge in [0, 0.05) is 0 Å². The molecule has 3 unspecified atom stereocenters. The molecule has 0 aromatic rings. The first-order chi connectivity index (χ1) is 8.97. The standard InChI is InChI=1S/C15H25NO3S/c1-10(2)8-11-12(14(11,3)4)13(17)16-15(5)6-7-20(18,19)9-15/h8,11-12H,6-7,9H2,1-5H3,(H,16,17). The lowest BCUT2D eigenvalue weighted by Crippen LogP contribution is -2.48. The van der Waals surface area contributed by atoms with E-state index in [1.807, 2.05) is 20.8 Å². The van der Waals surface area contributed by atoms with Crippen molar-refractivity contribution >= 4 is 15.7 Å². The van der Waals surface area contributed by atoms with Crippen molar-refractivity contribution in [1.82, 2.24) is 5.32 Å². The van der Waals surface area contributed by atoms with Crippen molar-refractivity contribution < 1.29 is 13.2 Å². The van der Waals surface area contributed by atoms with E-state index in [2.05, 4.69) is 25.2 Å². The van der Waals surface area contributed by atoms with E-state index in [1.165, 1.54) is 5.57 Å². The Kier molecular flexibility index (Phi) is 3.56. The second-order valence-electron chi connectivity index (χ2n) is 7.46. The fourth-order valence-electron chi connectivity index (χ4n) is 3.33. The Balaban J connectivity index is 2.06. The fraction of sp³-hybridized carbons (Fsp3) is 0.800. The average Bonchev–Trinajstić information content (AvgIpc) is 2.62. The minimum atomic E-state index is -2.99. The average molecular weight is 299 g/mol. The smallest absolute Gasteiger partial charge is 0.224 e. The number of sulfone groups is 1. The number of allylic oxidation sites excluding steroid dienone is 2. The van der Waals surface area contributed by atoms with Crippen LogP contribution in [0.1, 0.15) is 41.0 Å². The van der Waals surface area contributed by atoms with Crippen LogP contribution in [0.4, 0.5) is 0 Å². The molecule has 2 aliphatic rings. The second kappa shape index (κ2) is 4.58. The SMILES string of the molecule is CC(C)=CC1C(C(=O)NC2(C)CCS(=O)(=O)C2)C1(C)C. The summed E-state index contributed by atoms with van der Waals surface area (Å²) in [6.45, 7) is 10.1. The second-order valence-corrected chi connectivity index (χ2v) is 9.64. The van der Waals surface area contributed by atoms with Crippen molar-refractivity contribution in [3.05, 3.63) is 11.6 Å². The Morgan fingerprint density at radius 2 is 1.85 bits per heavy atom. The van der Waals surface area contributed by atoms with Gasteiger partial charge in [0.05, 0.1) is 23.0 Å². The molecule has 1 amide bonds. The maximum absolute atomic E-state index is 12.4. The lowest BCUT2D eigenvalue weighted by atomic mass is 10.0. The monoisotopic (exact) mass is 299 g/mol. The molecule has 0 aromatic carbocycles. The number of hydrogen-bond acceptors (Lipinski definition) is 3. The minimum absolute atomic E-state index is 0.00269. The summed E-state index contributed by atoms with van der Waals surface area (Å²) < 4.78 is 23.2. The zero-order chi connectivity index (χ0) is 15.3. The van der Waals surface area contributed by atoms with Gasteiger partial charge in [0.2, 0.25) is 5.91 Å². The van der Waals surface area contributed by atoms with Crippen molar-refractivity contribution in [2.75, 3.05) is 11.5 Å². The molecular formula is C15H25NO3S. The number of carbonyl (C=O) groups is 1. The molecule has 1 saturated carbocycles. The van der Waals surface area contributed by atoms with Gasteiger partial charge in [-0.15, -0.1) is 0 Å². The highest BCUT2D eigenvalue weighted by molar-refractivity contribution is 7.91. The van der Waals surface area contributed by atoms with Crippen LogP contribution in [0.25, 0.3) is 0 Å². The third kappa shape index (κ3) is 2.92. The highest BCUT2D eigenvalue weighted by atomic mass is 32.2. The Morgan fingerprint density at radius 3 is 2.30 bits per heavy atom. The summed E-state index contributed by atoms with van der Waals surface area (Å²) in [7, 11) is -2.99. The van der Waals surface area contributed by atoms with Gasteiger partial charge in [-0.1, -0.05) is 25.5 Å². The van der Waals surface area contributed by atoms with Crippen LogP contribution >= 0.6 is 0 Å². The molecule has 0 bridgehead atoms. The van der Waals surface area contributed by atoms with Gasteiger partial charge in [0.25, 0.3) is 0 Å². The Labute approximate surface area is 121 Å². The molecule has 1 saturated heterocycles. The van der Waals surface area contributed by atoms with E-state index in [1.54, 1.807) is 0 Å². The van der Waals surface area contributed by atoms with Gasteiger partial charge in [-0.3, -0.25) is 4.79 Å². The van der Waals surface area contributed by atoms with Crippen molar-refractivity contribution in [1.29, 1.82) is 0 Å². The first-order valence-corrected chi connectivity index (χ1v) is 8.96. The van der Waals surface area contributed by atoms with Gasteiger partial charge >= 0.3 is 0 Å². The van der Waals surface area contributed by atoms with Crippen molar-refractivity contribution in [2.45, 2.75) is 46.6 Å². The van der Waals surface area contributed by atoms with Gasteiger partial charge in [-0.05, 0) is 38.5 Å². The largest absolute Gasteiger partial charge is 0.350 e. The minimum Gasteiger partial charge on any atom is -0.350 e. The van der Waals surface area contributed by atoms with Gasteiger partial charge < -0.3 is 5.32 Å². The maximum Gasteiger partial charge on any atom is 0.224 e. The molecule has 1 aliphatic heterocycles.